The fourth-order valence-corrected chi connectivity index (χ4v) is 3.27. The van der Waals surface area contributed by atoms with Gasteiger partial charge in [0, 0.05) is 26.2 Å². The Morgan fingerprint density at radius 2 is 1.90 bits per heavy atom. The molecule has 0 aliphatic carbocycles. The van der Waals surface area contributed by atoms with E-state index in [1.165, 1.54) is 7.11 Å². The fraction of sp³-hybridized carbons (Fsp3) is 0.867. The summed E-state index contributed by atoms with van der Waals surface area (Å²) in [6, 6.07) is 0. The molecular weight excluding hydrogens is 272 g/mol. The van der Waals surface area contributed by atoms with Gasteiger partial charge in [0.2, 0.25) is 5.91 Å². The highest BCUT2D eigenvalue weighted by Gasteiger charge is 2.29. The molecule has 0 saturated carbocycles. The van der Waals surface area contributed by atoms with E-state index in [2.05, 4.69) is 4.90 Å². The molecule has 0 aromatic rings. The van der Waals surface area contributed by atoms with Gasteiger partial charge < -0.3 is 14.7 Å². The maximum Gasteiger partial charge on any atom is 0.308 e. The molecule has 1 atom stereocenters. The number of piperidine rings is 2. The lowest BCUT2D eigenvalue weighted by atomic mass is 9.96. The van der Waals surface area contributed by atoms with Crippen molar-refractivity contribution in [2.45, 2.75) is 25.7 Å². The maximum atomic E-state index is 12.3. The summed E-state index contributed by atoms with van der Waals surface area (Å²) in [5.74, 6) is 0.213. The number of esters is 1. The first-order valence-corrected chi connectivity index (χ1v) is 7.83. The first kappa shape index (κ1) is 16.2. The third-order valence-corrected chi connectivity index (χ3v) is 4.60. The van der Waals surface area contributed by atoms with Gasteiger partial charge in [0.05, 0.1) is 19.6 Å². The summed E-state index contributed by atoms with van der Waals surface area (Å²) < 4.78 is 4.76. The summed E-state index contributed by atoms with van der Waals surface area (Å²) in [4.78, 5) is 27.8. The number of ether oxygens (including phenoxy) is 1. The van der Waals surface area contributed by atoms with Crippen LogP contribution in [0.5, 0.6) is 0 Å². The van der Waals surface area contributed by atoms with Gasteiger partial charge in [-0.15, -0.1) is 0 Å². The second kappa shape index (κ2) is 7.75. The molecule has 0 radical (unpaired) electrons. The number of rotatable bonds is 4. The van der Waals surface area contributed by atoms with Crippen LogP contribution in [-0.4, -0.2) is 73.2 Å². The molecule has 21 heavy (non-hydrogen) atoms. The van der Waals surface area contributed by atoms with E-state index in [1.54, 1.807) is 0 Å². The lowest BCUT2D eigenvalue weighted by Gasteiger charge is -2.35. The first-order valence-electron chi connectivity index (χ1n) is 7.83. The van der Waals surface area contributed by atoms with Crippen LogP contribution in [-0.2, 0) is 14.3 Å². The SMILES string of the molecule is COC(=O)C1CCN(C(=O)CN2CCCC(CO)C2)CC1. The molecule has 1 N–H and O–H groups in total. The Bertz CT molecular complexity index is 367. The predicted molar refractivity (Wildman–Crippen MR) is 77.6 cm³/mol. The zero-order chi connectivity index (χ0) is 15.2. The molecule has 1 unspecified atom stereocenters. The molecular formula is C15H26N2O4. The van der Waals surface area contributed by atoms with Crippen molar-refractivity contribution in [3.05, 3.63) is 0 Å². The van der Waals surface area contributed by atoms with Gasteiger partial charge >= 0.3 is 5.97 Å². The molecule has 2 saturated heterocycles. The Hall–Kier alpha value is -1.14. The largest absolute Gasteiger partial charge is 0.469 e. The summed E-state index contributed by atoms with van der Waals surface area (Å²) in [5, 5.41) is 9.23. The van der Waals surface area contributed by atoms with E-state index in [0.717, 1.165) is 25.9 Å². The monoisotopic (exact) mass is 298 g/mol. The lowest BCUT2D eigenvalue weighted by molar-refractivity contribution is -0.149. The Morgan fingerprint density at radius 3 is 2.52 bits per heavy atom. The number of carbonyl (C=O) groups excluding carboxylic acids is 2. The zero-order valence-electron chi connectivity index (χ0n) is 12.8. The molecule has 2 heterocycles. The summed E-state index contributed by atoms with van der Waals surface area (Å²) in [6.07, 6.45) is 3.48. The molecule has 120 valence electrons. The van der Waals surface area contributed by atoms with Gasteiger partial charge in [-0.1, -0.05) is 0 Å². The van der Waals surface area contributed by atoms with Crippen LogP contribution in [0.15, 0.2) is 0 Å². The Morgan fingerprint density at radius 1 is 1.19 bits per heavy atom. The van der Waals surface area contributed by atoms with Gasteiger partial charge in [-0.2, -0.15) is 0 Å². The van der Waals surface area contributed by atoms with E-state index < -0.39 is 0 Å². The van der Waals surface area contributed by atoms with E-state index in [9.17, 15) is 14.7 Å². The minimum atomic E-state index is -0.163. The smallest absolute Gasteiger partial charge is 0.308 e. The van der Waals surface area contributed by atoms with Crippen molar-refractivity contribution in [3.63, 3.8) is 0 Å². The third-order valence-electron chi connectivity index (χ3n) is 4.60. The summed E-state index contributed by atoms with van der Waals surface area (Å²) in [5.41, 5.74) is 0. The van der Waals surface area contributed by atoms with Gasteiger partial charge in [-0.05, 0) is 38.1 Å². The van der Waals surface area contributed by atoms with Crippen LogP contribution in [0.4, 0.5) is 0 Å². The summed E-state index contributed by atoms with van der Waals surface area (Å²) in [7, 11) is 1.41. The quantitative estimate of drug-likeness (QED) is 0.746. The standard InChI is InChI=1S/C15H26N2O4/c1-21-15(20)13-4-7-17(8-5-13)14(19)10-16-6-2-3-12(9-16)11-18/h12-13,18H,2-11H2,1H3. The second-order valence-corrected chi connectivity index (χ2v) is 6.10. The van der Waals surface area contributed by atoms with Crippen LogP contribution in [0.3, 0.4) is 0 Å². The molecule has 0 bridgehead atoms. The number of carbonyl (C=O) groups is 2. The Balaban J connectivity index is 1.75. The zero-order valence-corrected chi connectivity index (χ0v) is 12.8. The Labute approximate surface area is 126 Å². The molecule has 2 aliphatic heterocycles. The van der Waals surface area contributed by atoms with Crippen molar-refractivity contribution in [2.24, 2.45) is 11.8 Å². The normalized spacial score (nSPS) is 24.9. The highest BCUT2D eigenvalue weighted by molar-refractivity contribution is 5.79. The number of amides is 1. The van der Waals surface area contributed by atoms with Gasteiger partial charge in [0.25, 0.3) is 0 Å². The predicted octanol–water partition coefficient (Wildman–Crippen LogP) is 0.102. The lowest BCUT2D eigenvalue weighted by Crippen LogP contribution is -2.47. The molecule has 6 nitrogen and oxygen atoms in total. The highest BCUT2D eigenvalue weighted by Crippen LogP contribution is 2.20. The number of aliphatic hydroxyl groups is 1. The van der Waals surface area contributed by atoms with Crippen molar-refractivity contribution in [1.82, 2.24) is 9.80 Å². The number of methoxy groups -OCH3 is 1. The molecule has 0 aromatic heterocycles. The van der Waals surface area contributed by atoms with Gasteiger partial charge in [-0.25, -0.2) is 0 Å². The van der Waals surface area contributed by atoms with Gasteiger partial charge in [0.15, 0.2) is 0 Å². The molecule has 0 spiro atoms. The van der Waals surface area contributed by atoms with Crippen LogP contribution in [0.2, 0.25) is 0 Å². The Kier molecular flexibility index (Phi) is 5.99. The first-order chi connectivity index (χ1) is 10.1. The van der Waals surface area contributed by atoms with Crippen molar-refractivity contribution >= 4 is 11.9 Å². The average Bonchev–Trinajstić information content (AvgIpc) is 2.54. The topological polar surface area (TPSA) is 70.1 Å². The van der Waals surface area contributed by atoms with Crippen LogP contribution < -0.4 is 0 Å². The van der Waals surface area contributed by atoms with E-state index in [1.807, 2.05) is 4.90 Å². The number of aliphatic hydroxyl groups excluding tert-OH is 1. The number of hydrogen-bond acceptors (Lipinski definition) is 5. The summed E-state index contributed by atoms with van der Waals surface area (Å²) in [6.45, 7) is 3.64. The molecule has 2 aliphatic rings. The van der Waals surface area contributed by atoms with Crippen molar-refractivity contribution < 1.29 is 19.4 Å². The number of nitrogens with zero attached hydrogens (tertiary/aromatic N) is 2. The fourth-order valence-electron chi connectivity index (χ4n) is 3.27. The molecule has 2 rings (SSSR count). The molecule has 0 aromatic carbocycles. The van der Waals surface area contributed by atoms with Crippen LogP contribution in [0.1, 0.15) is 25.7 Å². The minimum Gasteiger partial charge on any atom is -0.469 e. The van der Waals surface area contributed by atoms with E-state index in [-0.39, 0.29) is 24.4 Å². The van der Waals surface area contributed by atoms with E-state index >= 15 is 0 Å². The maximum absolute atomic E-state index is 12.3. The van der Waals surface area contributed by atoms with Crippen LogP contribution in [0, 0.1) is 11.8 Å². The minimum absolute atomic E-state index is 0.0622. The van der Waals surface area contributed by atoms with Crippen LogP contribution in [0.25, 0.3) is 0 Å². The van der Waals surface area contributed by atoms with E-state index in [0.29, 0.717) is 38.4 Å². The third kappa shape index (κ3) is 4.41. The van der Waals surface area contributed by atoms with Gasteiger partial charge in [0.1, 0.15) is 0 Å². The highest BCUT2D eigenvalue weighted by atomic mass is 16.5. The number of likely N-dealkylation sites (tertiary alicyclic amines) is 2. The summed E-state index contributed by atoms with van der Waals surface area (Å²) >= 11 is 0. The van der Waals surface area contributed by atoms with Gasteiger partial charge in [-0.3, -0.25) is 14.5 Å². The van der Waals surface area contributed by atoms with Crippen LogP contribution >= 0.6 is 0 Å². The molecule has 1 amide bonds. The van der Waals surface area contributed by atoms with Crippen molar-refractivity contribution in [2.75, 3.05) is 46.4 Å². The average molecular weight is 298 g/mol. The molecule has 2 fully saturated rings. The second-order valence-electron chi connectivity index (χ2n) is 6.10. The molecule has 6 heteroatoms. The van der Waals surface area contributed by atoms with Crippen molar-refractivity contribution in [1.29, 1.82) is 0 Å². The van der Waals surface area contributed by atoms with E-state index in [4.69, 9.17) is 4.74 Å². The van der Waals surface area contributed by atoms with Crippen molar-refractivity contribution in [3.8, 4) is 0 Å². The number of hydrogen-bond donors (Lipinski definition) is 1.